The molecule has 2 unspecified atom stereocenters. The van der Waals surface area contributed by atoms with E-state index in [0.29, 0.717) is 5.92 Å². The van der Waals surface area contributed by atoms with Gasteiger partial charge < -0.3 is 10.1 Å². The second-order valence-electron chi connectivity index (χ2n) is 4.03. The smallest absolute Gasteiger partial charge is 0.123 e. The molecule has 0 aromatic heterocycles. The first-order valence-electron chi connectivity index (χ1n) is 5.38. The Balaban J connectivity index is 1.92. The molecule has 0 saturated carbocycles. The fraction of sp³-hybridized carbons (Fsp3) is 0.500. The normalized spacial score (nSPS) is 22.7. The van der Waals surface area contributed by atoms with Crippen molar-refractivity contribution >= 4 is 0 Å². The Morgan fingerprint density at radius 1 is 1.40 bits per heavy atom. The fourth-order valence-electron chi connectivity index (χ4n) is 1.90. The predicted octanol–water partition coefficient (Wildman–Crippen LogP) is 2.20. The van der Waals surface area contributed by atoms with Crippen molar-refractivity contribution in [1.82, 2.24) is 5.32 Å². The largest absolute Gasteiger partial charge is 0.490 e. The lowest BCUT2D eigenvalue weighted by Gasteiger charge is -2.20. The molecule has 1 fully saturated rings. The van der Waals surface area contributed by atoms with E-state index in [1.54, 1.807) is 12.1 Å². The standard InChI is InChI=1S/C12H16FNO/c1-9(10-6-7-14-8-10)15-12-4-2-11(13)3-5-12/h2-5,9-10,14H,6-8H2,1H3. The van der Waals surface area contributed by atoms with Gasteiger partial charge in [0.1, 0.15) is 11.6 Å². The van der Waals surface area contributed by atoms with Crippen LogP contribution in [-0.4, -0.2) is 19.2 Å². The molecule has 1 aromatic carbocycles. The zero-order valence-corrected chi connectivity index (χ0v) is 8.87. The van der Waals surface area contributed by atoms with Gasteiger partial charge in [-0.15, -0.1) is 0 Å². The van der Waals surface area contributed by atoms with Crippen molar-refractivity contribution < 1.29 is 9.13 Å². The minimum atomic E-state index is -0.225. The van der Waals surface area contributed by atoms with E-state index < -0.39 is 0 Å². The van der Waals surface area contributed by atoms with Crippen molar-refractivity contribution in [1.29, 1.82) is 0 Å². The second-order valence-corrected chi connectivity index (χ2v) is 4.03. The highest BCUT2D eigenvalue weighted by Crippen LogP contribution is 2.19. The van der Waals surface area contributed by atoms with Crippen molar-refractivity contribution in [2.24, 2.45) is 5.92 Å². The number of benzene rings is 1. The second kappa shape index (κ2) is 4.62. The summed E-state index contributed by atoms with van der Waals surface area (Å²) in [6.07, 6.45) is 1.34. The summed E-state index contributed by atoms with van der Waals surface area (Å²) in [5.74, 6) is 1.09. The Kier molecular flexibility index (Phi) is 3.21. The van der Waals surface area contributed by atoms with Crippen LogP contribution in [0, 0.1) is 11.7 Å². The number of halogens is 1. The van der Waals surface area contributed by atoms with Crippen molar-refractivity contribution in [3.8, 4) is 5.75 Å². The van der Waals surface area contributed by atoms with Gasteiger partial charge in [0, 0.05) is 12.5 Å². The molecule has 1 N–H and O–H groups in total. The van der Waals surface area contributed by atoms with Gasteiger partial charge in [0.2, 0.25) is 0 Å². The van der Waals surface area contributed by atoms with Crippen LogP contribution >= 0.6 is 0 Å². The number of hydrogen-bond acceptors (Lipinski definition) is 2. The third-order valence-electron chi connectivity index (χ3n) is 2.90. The molecule has 1 aliphatic rings. The van der Waals surface area contributed by atoms with Crippen LogP contribution in [0.4, 0.5) is 4.39 Å². The molecule has 82 valence electrons. The van der Waals surface area contributed by atoms with Crippen LogP contribution in [0.1, 0.15) is 13.3 Å². The van der Waals surface area contributed by atoms with E-state index in [9.17, 15) is 4.39 Å². The molecule has 2 nitrogen and oxygen atoms in total. The summed E-state index contributed by atoms with van der Waals surface area (Å²) >= 11 is 0. The minimum Gasteiger partial charge on any atom is -0.490 e. The van der Waals surface area contributed by atoms with Crippen LogP contribution < -0.4 is 10.1 Å². The van der Waals surface area contributed by atoms with Crippen LogP contribution in [0.5, 0.6) is 5.75 Å². The molecule has 15 heavy (non-hydrogen) atoms. The van der Waals surface area contributed by atoms with E-state index in [4.69, 9.17) is 4.74 Å². The maximum atomic E-state index is 12.7. The lowest BCUT2D eigenvalue weighted by atomic mass is 10.0. The topological polar surface area (TPSA) is 21.3 Å². The van der Waals surface area contributed by atoms with Gasteiger partial charge in [-0.05, 0) is 44.2 Å². The van der Waals surface area contributed by atoms with Gasteiger partial charge >= 0.3 is 0 Å². The molecule has 1 aliphatic heterocycles. The first kappa shape index (κ1) is 10.4. The molecule has 1 heterocycles. The van der Waals surface area contributed by atoms with E-state index in [1.165, 1.54) is 12.1 Å². The summed E-state index contributed by atoms with van der Waals surface area (Å²) in [6.45, 7) is 4.16. The van der Waals surface area contributed by atoms with Crippen molar-refractivity contribution in [3.63, 3.8) is 0 Å². The van der Waals surface area contributed by atoms with Gasteiger partial charge in [-0.3, -0.25) is 0 Å². The molecule has 0 bridgehead atoms. The lowest BCUT2D eigenvalue weighted by Crippen LogP contribution is -2.25. The summed E-state index contributed by atoms with van der Waals surface area (Å²) in [5.41, 5.74) is 0. The molecule has 0 amide bonds. The van der Waals surface area contributed by atoms with Crippen molar-refractivity contribution in [2.75, 3.05) is 13.1 Å². The first-order chi connectivity index (χ1) is 7.25. The van der Waals surface area contributed by atoms with E-state index in [-0.39, 0.29) is 11.9 Å². The molecule has 0 spiro atoms. The monoisotopic (exact) mass is 209 g/mol. The Hall–Kier alpha value is -1.09. The Bertz CT molecular complexity index is 306. The average molecular weight is 209 g/mol. The van der Waals surface area contributed by atoms with E-state index in [1.807, 2.05) is 0 Å². The predicted molar refractivity (Wildman–Crippen MR) is 57.5 cm³/mol. The number of ether oxygens (including phenoxy) is 1. The summed E-state index contributed by atoms with van der Waals surface area (Å²) in [7, 11) is 0. The number of rotatable bonds is 3. The quantitative estimate of drug-likeness (QED) is 0.824. The molecular formula is C12H16FNO. The molecule has 1 aromatic rings. The van der Waals surface area contributed by atoms with Gasteiger partial charge in [0.25, 0.3) is 0 Å². The van der Waals surface area contributed by atoms with E-state index in [2.05, 4.69) is 12.2 Å². The van der Waals surface area contributed by atoms with Gasteiger partial charge in [-0.1, -0.05) is 0 Å². The third-order valence-corrected chi connectivity index (χ3v) is 2.90. The molecule has 0 radical (unpaired) electrons. The Morgan fingerprint density at radius 2 is 2.13 bits per heavy atom. The number of hydrogen-bond donors (Lipinski definition) is 1. The van der Waals surface area contributed by atoms with Crippen LogP contribution in [0.3, 0.4) is 0 Å². The Labute approximate surface area is 89.4 Å². The molecule has 2 atom stereocenters. The minimum absolute atomic E-state index is 0.186. The van der Waals surface area contributed by atoms with Crippen LogP contribution in [0.15, 0.2) is 24.3 Å². The molecular weight excluding hydrogens is 193 g/mol. The van der Waals surface area contributed by atoms with E-state index >= 15 is 0 Å². The van der Waals surface area contributed by atoms with Crippen molar-refractivity contribution in [2.45, 2.75) is 19.4 Å². The van der Waals surface area contributed by atoms with Crippen LogP contribution in [0.25, 0.3) is 0 Å². The Morgan fingerprint density at radius 3 is 2.73 bits per heavy atom. The van der Waals surface area contributed by atoms with Gasteiger partial charge in [0.15, 0.2) is 0 Å². The van der Waals surface area contributed by atoms with E-state index in [0.717, 1.165) is 25.3 Å². The zero-order chi connectivity index (χ0) is 10.7. The average Bonchev–Trinajstić information content (AvgIpc) is 2.74. The summed E-state index contributed by atoms with van der Waals surface area (Å²) in [6, 6.07) is 6.20. The first-order valence-corrected chi connectivity index (χ1v) is 5.38. The fourth-order valence-corrected chi connectivity index (χ4v) is 1.90. The van der Waals surface area contributed by atoms with Crippen molar-refractivity contribution in [3.05, 3.63) is 30.1 Å². The highest BCUT2D eigenvalue weighted by atomic mass is 19.1. The highest BCUT2D eigenvalue weighted by molar-refractivity contribution is 5.22. The molecule has 3 heteroatoms. The number of nitrogens with one attached hydrogen (secondary N) is 1. The van der Waals surface area contributed by atoms with Gasteiger partial charge in [-0.2, -0.15) is 0 Å². The zero-order valence-electron chi connectivity index (χ0n) is 8.87. The molecule has 2 rings (SSSR count). The summed E-state index contributed by atoms with van der Waals surface area (Å²) in [5, 5.41) is 3.31. The summed E-state index contributed by atoms with van der Waals surface area (Å²) in [4.78, 5) is 0. The maximum Gasteiger partial charge on any atom is 0.123 e. The maximum absolute atomic E-state index is 12.7. The lowest BCUT2D eigenvalue weighted by molar-refractivity contribution is 0.161. The molecule has 1 saturated heterocycles. The SMILES string of the molecule is CC(Oc1ccc(F)cc1)C1CCNC1. The summed E-state index contributed by atoms with van der Waals surface area (Å²) < 4.78 is 18.4. The van der Waals surface area contributed by atoms with Crippen LogP contribution in [0.2, 0.25) is 0 Å². The van der Waals surface area contributed by atoms with Crippen LogP contribution in [-0.2, 0) is 0 Å². The third kappa shape index (κ3) is 2.69. The highest BCUT2D eigenvalue weighted by Gasteiger charge is 2.22. The van der Waals surface area contributed by atoms with Gasteiger partial charge in [-0.25, -0.2) is 4.39 Å². The van der Waals surface area contributed by atoms with Gasteiger partial charge in [0.05, 0.1) is 6.10 Å². The molecule has 0 aliphatic carbocycles.